The maximum Gasteiger partial charge on any atom is 0.290 e. The van der Waals surface area contributed by atoms with Gasteiger partial charge in [0.25, 0.3) is 11.1 Å². The van der Waals surface area contributed by atoms with E-state index in [0.29, 0.717) is 11.8 Å². The number of benzene rings is 1. The first-order valence-electron chi connectivity index (χ1n) is 4.86. The van der Waals surface area contributed by atoms with Gasteiger partial charge in [0.05, 0.1) is 4.91 Å². The van der Waals surface area contributed by atoms with Crippen LogP contribution in [-0.2, 0) is 9.59 Å². The molecule has 5 nitrogen and oxygen atoms in total. The van der Waals surface area contributed by atoms with Crippen LogP contribution in [0.1, 0.15) is 0 Å². The number of halogens is 1. The Labute approximate surface area is 105 Å². The summed E-state index contributed by atoms with van der Waals surface area (Å²) in [5.41, 5.74) is 0.270. The summed E-state index contributed by atoms with van der Waals surface area (Å²) in [5.74, 6) is -1.70. The predicted octanol–water partition coefficient (Wildman–Crippen LogP) is 1.63. The van der Waals surface area contributed by atoms with Crippen molar-refractivity contribution >= 4 is 34.5 Å². The minimum Gasteiger partial charge on any atom is -0.322 e. The highest BCUT2D eigenvalue weighted by atomic mass is 32.2. The van der Waals surface area contributed by atoms with Gasteiger partial charge in [-0.05, 0) is 30.0 Å². The number of rotatable bonds is 2. The molecule has 0 radical (unpaired) electrons. The second-order valence-electron chi connectivity index (χ2n) is 3.35. The third-order valence-corrected chi connectivity index (χ3v) is 2.81. The molecule has 0 unspecified atom stereocenters. The summed E-state index contributed by atoms with van der Waals surface area (Å²) in [6.45, 7) is 0. The zero-order valence-corrected chi connectivity index (χ0v) is 9.71. The lowest BCUT2D eigenvalue weighted by Crippen LogP contribution is -2.18. The molecule has 0 atom stereocenters. The zero-order valence-electron chi connectivity index (χ0n) is 8.90. The van der Waals surface area contributed by atoms with Gasteiger partial charge in [0.15, 0.2) is 0 Å². The van der Waals surface area contributed by atoms with Crippen molar-refractivity contribution in [3.63, 3.8) is 0 Å². The summed E-state index contributed by atoms with van der Waals surface area (Å²) in [4.78, 5) is 33.5. The molecule has 18 heavy (non-hydrogen) atoms. The standard InChI is InChI=1S/C11H7FN2O3S/c12-6-2-1-3-7(4-6)13-9(15)5-8-10(16)14-11(17)18-8/h1-5H,(H,13,15)(H,14,16,17)/b8-5-. The molecule has 1 aliphatic heterocycles. The number of hydrogen-bond acceptors (Lipinski definition) is 4. The Kier molecular flexibility index (Phi) is 3.42. The van der Waals surface area contributed by atoms with Crippen molar-refractivity contribution < 1.29 is 18.8 Å². The Morgan fingerprint density at radius 1 is 1.39 bits per heavy atom. The van der Waals surface area contributed by atoms with Crippen LogP contribution >= 0.6 is 11.8 Å². The second-order valence-corrected chi connectivity index (χ2v) is 4.37. The Hall–Kier alpha value is -2.15. The predicted molar refractivity (Wildman–Crippen MR) is 64.2 cm³/mol. The van der Waals surface area contributed by atoms with E-state index >= 15 is 0 Å². The van der Waals surface area contributed by atoms with E-state index in [1.807, 2.05) is 5.32 Å². The lowest BCUT2D eigenvalue weighted by Gasteiger charge is -2.01. The van der Waals surface area contributed by atoms with E-state index in [1.54, 1.807) is 0 Å². The first-order valence-corrected chi connectivity index (χ1v) is 5.67. The molecule has 92 valence electrons. The van der Waals surface area contributed by atoms with Gasteiger partial charge in [0, 0.05) is 11.8 Å². The van der Waals surface area contributed by atoms with E-state index in [4.69, 9.17) is 0 Å². The summed E-state index contributed by atoms with van der Waals surface area (Å²) < 4.78 is 12.9. The van der Waals surface area contributed by atoms with Crippen LogP contribution in [0.3, 0.4) is 0 Å². The molecule has 0 aromatic heterocycles. The molecule has 0 spiro atoms. The summed E-state index contributed by atoms with van der Waals surface area (Å²) in [6.07, 6.45) is 0.996. The van der Waals surface area contributed by atoms with Crippen molar-refractivity contribution in [2.24, 2.45) is 0 Å². The number of thioether (sulfide) groups is 1. The van der Waals surface area contributed by atoms with Crippen molar-refractivity contribution in [2.75, 3.05) is 5.32 Å². The first kappa shape index (κ1) is 12.3. The summed E-state index contributed by atoms with van der Waals surface area (Å²) in [6, 6.07) is 5.33. The van der Waals surface area contributed by atoms with Crippen LogP contribution in [0.2, 0.25) is 0 Å². The van der Waals surface area contributed by atoms with E-state index in [0.717, 1.165) is 12.1 Å². The van der Waals surface area contributed by atoms with Crippen LogP contribution in [0.4, 0.5) is 14.9 Å². The zero-order chi connectivity index (χ0) is 13.1. The number of imide groups is 1. The molecule has 7 heteroatoms. The molecule has 3 amide bonds. The number of anilines is 1. The summed E-state index contributed by atoms with van der Waals surface area (Å²) in [5, 5.41) is 3.88. The van der Waals surface area contributed by atoms with Gasteiger partial charge in [0.1, 0.15) is 5.82 Å². The highest BCUT2D eigenvalue weighted by Crippen LogP contribution is 2.22. The van der Waals surface area contributed by atoms with Crippen LogP contribution < -0.4 is 10.6 Å². The van der Waals surface area contributed by atoms with Crippen molar-refractivity contribution in [3.8, 4) is 0 Å². The fraction of sp³-hybridized carbons (Fsp3) is 0. The largest absolute Gasteiger partial charge is 0.322 e. The molecule has 2 N–H and O–H groups in total. The number of carbonyl (C=O) groups excluding carboxylic acids is 3. The highest BCUT2D eigenvalue weighted by molar-refractivity contribution is 8.18. The quantitative estimate of drug-likeness (QED) is 0.798. The first-order chi connectivity index (χ1) is 8.54. The van der Waals surface area contributed by atoms with Gasteiger partial charge in [-0.25, -0.2) is 4.39 Å². The average Bonchev–Trinajstić information content (AvgIpc) is 2.57. The van der Waals surface area contributed by atoms with Crippen LogP contribution in [0.15, 0.2) is 35.2 Å². The molecule has 1 heterocycles. The van der Waals surface area contributed by atoms with Gasteiger partial charge >= 0.3 is 0 Å². The molecule has 0 bridgehead atoms. The Balaban J connectivity index is 2.07. The minimum absolute atomic E-state index is 0.00824. The minimum atomic E-state index is -0.612. The van der Waals surface area contributed by atoms with Crippen molar-refractivity contribution in [3.05, 3.63) is 41.1 Å². The summed E-state index contributed by atoms with van der Waals surface area (Å²) in [7, 11) is 0. The van der Waals surface area contributed by atoms with Crippen LogP contribution in [0.5, 0.6) is 0 Å². The van der Waals surface area contributed by atoms with Crippen molar-refractivity contribution in [1.29, 1.82) is 0 Å². The van der Waals surface area contributed by atoms with E-state index in [1.165, 1.54) is 18.2 Å². The monoisotopic (exact) mass is 266 g/mol. The highest BCUT2D eigenvalue weighted by Gasteiger charge is 2.25. The van der Waals surface area contributed by atoms with Gasteiger partial charge in [-0.15, -0.1) is 0 Å². The molecular formula is C11H7FN2O3S. The van der Waals surface area contributed by atoms with Gasteiger partial charge in [-0.3, -0.25) is 19.7 Å². The van der Waals surface area contributed by atoms with Gasteiger partial charge in [0.2, 0.25) is 5.91 Å². The molecule has 1 aromatic rings. The fourth-order valence-electron chi connectivity index (χ4n) is 1.28. The number of amides is 3. The third kappa shape index (κ3) is 2.95. The van der Waals surface area contributed by atoms with Gasteiger partial charge < -0.3 is 5.32 Å². The molecule has 1 aromatic carbocycles. The second kappa shape index (κ2) is 5.01. The van der Waals surface area contributed by atoms with E-state index in [-0.39, 0.29) is 10.6 Å². The summed E-state index contributed by atoms with van der Waals surface area (Å²) >= 11 is 0.642. The smallest absolute Gasteiger partial charge is 0.290 e. The van der Waals surface area contributed by atoms with Crippen molar-refractivity contribution in [1.82, 2.24) is 5.32 Å². The Bertz CT molecular complexity index is 571. The molecule has 0 saturated carbocycles. The van der Waals surface area contributed by atoms with Crippen LogP contribution in [0, 0.1) is 5.82 Å². The average molecular weight is 266 g/mol. The topological polar surface area (TPSA) is 75.3 Å². The Morgan fingerprint density at radius 2 is 2.17 bits per heavy atom. The number of carbonyl (C=O) groups is 3. The van der Waals surface area contributed by atoms with Gasteiger partial charge in [-0.2, -0.15) is 0 Å². The number of hydrogen-bond donors (Lipinski definition) is 2. The van der Waals surface area contributed by atoms with E-state index < -0.39 is 22.9 Å². The van der Waals surface area contributed by atoms with Gasteiger partial charge in [-0.1, -0.05) is 6.07 Å². The SMILES string of the molecule is O=C(/C=C1\SC(=O)NC1=O)Nc1cccc(F)c1. The third-order valence-electron chi connectivity index (χ3n) is 2.00. The Morgan fingerprint density at radius 3 is 2.78 bits per heavy atom. The molecular weight excluding hydrogens is 259 g/mol. The maximum atomic E-state index is 12.9. The lowest BCUT2D eigenvalue weighted by atomic mass is 10.3. The van der Waals surface area contributed by atoms with Crippen LogP contribution in [-0.4, -0.2) is 17.1 Å². The fourth-order valence-corrected chi connectivity index (χ4v) is 1.94. The molecule has 0 aliphatic carbocycles. The molecule has 1 fully saturated rings. The van der Waals surface area contributed by atoms with Crippen molar-refractivity contribution in [2.45, 2.75) is 0 Å². The molecule has 1 aliphatic rings. The molecule has 1 saturated heterocycles. The van der Waals surface area contributed by atoms with E-state index in [9.17, 15) is 18.8 Å². The number of nitrogens with one attached hydrogen (secondary N) is 2. The normalized spacial score (nSPS) is 16.8. The lowest BCUT2D eigenvalue weighted by molar-refractivity contribution is -0.116. The van der Waals surface area contributed by atoms with E-state index in [2.05, 4.69) is 5.32 Å². The van der Waals surface area contributed by atoms with Crippen LogP contribution in [0.25, 0.3) is 0 Å². The molecule has 2 rings (SSSR count). The maximum absolute atomic E-state index is 12.9.